The summed E-state index contributed by atoms with van der Waals surface area (Å²) in [4.78, 5) is 0. The Morgan fingerprint density at radius 1 is 0.955 bits per heavy atom. The zero-order valence-corrected chi connectivity index (χ0v) is 13.2. The normalized spacial score (nSPS) is 19.8. The van der Waals surface area contributed by atoms with Gasteiger partial charge in [0.2, 0.25) is 0 Å². The number of hydrogen-bond donors (Lipinski definition) is 3. The first kappa shape index (κ1) is 10.1. The molecule has 0 spiro atoms. The fourth-order valence-electron chi connectivity index (χ4n) is 2.12. The third kappa shape index (κ3) is 7.39. The van der Waals surface area contributed by atoms with E-state index in [-0.39, 0.29) is 5.56 Å². The van der Waals surface area contributed by atoms with Gasteiger partial charge in [-0.15, -0.1) is 0 Å². The summed E-state index contributed by atoms with van der Waals surface area (Å²) in [5.74, 6) is 0. The Bertz CT molecular complexity index is 655. The van der Waals surface area contributed by atoms with Crippen LogP contribution in [0.4, 0.5) is 0 Å². The van der Waals surface area contributed by atoms with Crippen LogP contribution in [0.25, 0.3) is 0 Å². The molecule has 3 nitrogen and oxygen atoms in total. The molecule has 0 saturated heterocycles. The van der Waals surface area contributed by atoms with E-state index in [0.29, 0.717) is 0 Å². The molecule has 1 rings (SSSR count). The predicted molar refractivity (Wildman–Crippen MR) is 92.9 cm³/mol. The van der Waals surface area contributed by atoms with Crippen LogP contribution in [0.3, 0.4) is 0 Å². The number of benzene rings is 1. The van der Waals surface area contributed by atoms with Gasteiger partial charge in [-0.05, 0) is 36.7 Å². The van der Waals surface area contributed by atoms with E-state index < -0.39 is 31.4 Å². The topological polar surface area (TPSA) is 66.5 Å². The first-order chi connectivity index (χ1) is 13.5. The SMILES string of the molecule is [2H]C([2H])(O)C(N)(C([2H])([2H])O)C([2H])([2H])C([2H])([2H])c1ccc(CCCCCCCC)cc1. The van der Waals surface area contributed by atoms with Crippen LogP contribution in [-0.2, 0) is 12.8 Å². The quantitative estimate of drug-likeness (QED) is 0.519. The van der Waals surface area contributed by atoms with Gasteiger partial charge in [-0.1, -0.05) is 63.3 Å². The van der Waals surface area contributed by atoms with Gasteiger partial charge < -0.3 is 15.9 Å². The number of aryl methyl sites for hydroxylation is 2. The van der Waals surface area contributed by atoms with Crippen molar-refractivity contribution in [2.24, 2.45) is 5.73 Å². The van der Waals surface area contributed by atoms with Crippen molar-refractivity contribution in [2.45, 2.75) is 70.2 Å². The first-order valence-corrected chi connectivity index (χ1v) is 7.87. The molecule has 0 radical (unpaired) electrons. The van der Waals surface area contributed by atoms with E-state index in [2.05, 4.69) is 6.92 Å². The number of rotatable bonds is 12. The zero-order chi connectivity index (χ0) is 23.4. The monoisotopic (exact) mass is 315 g/mol. The Kier molecular flexibility index (Phi) is 4.93. The highest BCUT2D eigenvalue weighted by molar-refractivity contribution is 5.23. The molecule has 0 aliphatic rings. The van der Waals surface area contributed by atoms with Crippen molar-refractivity contribution in [3.63, 3.8) is 0 Å². The summed E-state index contributed by atoms with van der Waals surface area (Å²) < 4.78 is 62.4. The van der Waals surface area contributed by atoms with Gasteiger partial charge in [0.15, 0.2) is 0 Å². The van der Waals surface area contributed by atoms with Crippen molar-refractivity contribution in [3.8, 4) is 0 Å². The van der Waals surface area contributed by atoms with E-state index in [9.17, 15) is 10.2 Å². The van der Waals surface area contributed by atoms with Crippen molar-refractivity contribution in [2.75, 3.05) is 13.1 Å². The summed E-state index contributed by atoms with van der Waals surface area (Å²) in [5, 5.41) is 19.5. The van der Waals surface area contributed by atoms with Crippen molar-refractivity contribution in [1.82, 2.24) is 0 Å². The van der Waals surface area contributed by atoms with Gasteiger partial charge in [0.1, 0.15) is 0 Å². The van der Waals surface area contributed by atoms with Gasteiger partial charge in [0.25, 0.3) is 0 Å². The summed E-state index contributed by atoms with van der Waals surface area (Å²) >= 11 is 0. The summed E-state index contributed by atoms with van der Waals surface area (Å²) in [7, 11) is 0. The second-order valence-electron chi connectivity index (χ2n) is 5.50. The lowest BCUT2D eigenvalue weighted by Gasteiger charge is -2.24. The summed E-state index contributed by atoms with van der Waals surface area (Å²) in [5.41, 5.74) is 2.64. The molecule has 0 unspecified atom stereocenters. The molecule has 1 aromatic rings. The standard InChI is InChI=1S/C19H33NO2/c1-2-3-4-5-6-7-8-17-9-11-18(12-10-17)13-14-19(20,15-21)16-22/h9-12,21-22H,2-8,13-16,20H2,1H3/i13D2,14D2,15D2,16D2. The largest absolute Gasteiger partial charge is 0.394 e. The minimum Gasteiger partial charge on any atom is -0.394 e. The molecule has 0 aliphatic carbocycles. The molecule has 0 heterocycles. The Balaban J connectivity index is 3.06. The van der Waals surface area contributed by atoms with E-state index in [1.807, 2.05) is 0 Å². The molecule has 0 amide bonds. The second kappa shape index (κ2) is 10.8. The highest BCUT2D eigenvalue weighted by Gasteiger charge is 2.22. The van der Waals surface area contributed by atoms with Crippen molar-refractivity contribution in [1.29, 1.82) is 0 Å². The van der Waals surface area contributed by atoms with Crippen molar-refractivity contribution < 1.29 is 21.2 Å². The molecule has 22 heavy (non-hydrogen) atoms. The van der Waals surface area contributed by atoms with E-state index in [4.69, 9.17) is 16.7 Å². The fourth-order valence-corrected chi connectivity index (χ4v) is 2.12. The number of unbranched alkanes of at least 4 members (excludes halogenated alkanes) is 5. The van der Waals surface area contributed by atoms with E-state index in [0.717, 1.165) is 31.2 Å². The summed E-state index contributed by atoms with van der Waals surface area (Å²) in [6.45, 7) is -5.37. The van der Waals surface area contributed by atoms with Crippen LogP contribution >= 0.6 is 0 Å². The summed E-state index contributed by atoms with van der Waals surface area (Å²) in [6.07, 6.45) is 1.02. The lowest BCUT2D eigenvalue weighted by atomic mass is 9.93. The molecule has 0 atom stereocenters. The zero-order valence-electron chi connectivity index (χ0n) is 21.2. The Morgan fingerprint density at radius 2 is 1.50 bits per heavy atom. The first-order valence-electron chi connectivity index (χ1n) is 11.9. The molecular weight excluding hydrogens is 274 g/mol. The van der Waals surface area contributed by atoms with Gasteiger partial charge in [-0.3, -0.25) is 0 Å². The molecule has 0 saturated carbocycles. The van der Waals surface area contributed by atoms with Gasteiger partial charge in [0.05, 0.1) is 24.1 Å². The predicted octanol–water partition coefficient (Wildman–Crippen LogP) is 3.20. The molecule has 4 N–H and O–H groups in total. The smallest absolute Gasteiger partial charge is 0.0633 e. The number of nitrogens with two attached hydrogens (primary N) is 1. The number of aliphatic hydroxyl groups is 2. The Labute approximate surface area is 146 Å². The van der Waals surface area contributed by atoms with Crippen LogP contribution < -0.4 is 5.73 Å². The van der Waals surface area contributed by atoms with Crippen LogP contribution in [0.2, 0.25) is 0 Å². The maximum atomic E-state index is 9.74. The van der Waals surface area contributed by atoms with Crippen LogP contribution in [-0.4, -0.2) is 28.9 Å². The molecule has 0 bridgehead atoms. The van der Waals surface area contributed by atoms with Gasteiger partial charge in [0, 0.05) is 5.48 Å². The molecule has 126 valence electrons. The maximum absolute atomic E-state index is 9.74. The fraction of sp³-hybridized carbons (Fsp3) is 0.684. The van der Waals surface area contributed by atoms with Gasteiger partial charge in [-0.25, -0.2) is 0 Å². The van der Waals surface area contributed by atoms with Crippen LogP contribution in [0, 0.1) is 0 Å². The number of hydrogen-bond acceptors (Lipinski definition) is 3. The summed E-state index contributed by atoms with van der Waals surface area (Å²) in [6, 6.07) is 5.94. The van der Waals surface area contributed by atoms with E-state index in [1.54, 1.807) is 12.1 Å². The third-order valence-corrected chi connectivity index (χ3v) is 3.53. The van der Waals surface area contributed by atoms with Crippen molar-refractivity contribution in [3.05, 3.63) is 35.4 Å². The lowest BCUT2D eigenvalue weighted by molar-refractivity contribution is 0.115. The van der Waals surface area contributed by atoms with E-state index >= 15 is 0 Å². The van der Waals surface area contributed by atoms with Gasteiger partial charge >= 0.3 is 0 Å². The molecule has 3 heteroatoms. The minimum absolute atomic E-state index is 0.206. The third-order valence-electron chi connectivity index (χ3n) is 3.53. The Morgan fingerprint density at radius 3 is 2.09 bits per heavy atom. The second-order valence-corrected chi connectivity index (χ2v) is 5.50. The van der Waals surface area contributed by atoms with Crippen LogP contribution in [0.15, 0.2) is 24.3 Å². The average Bonchev–Trinajstić information content (AvgIpc) is 2.62. The van der Waals surface area contributed by atoms with Crippen LogP contribution in [0.1, 0.15) is 73.9 Å². The molecule has 0 fully saturated rings. The minimum atomic E-state index is -3.76. The van der Waals surface area contributed by atoms with E-state index in [1.165, 1.54) is 31.4 Å². The maximum Gasteiger partial charge on any atom is 0.0633 e. The molecule has 0 aromatic heterocycles. The molecule has 0 aliphatic heterocycles. The van der Waals surface area contributed by atoms with Gasteiger partial charge in [-0.2, -0.15) is 0 Å². The Hall–Kier alpha value is -0.900. The molecule has 1 aromatic carbocycles. The van der Waals surface area contributed by atoms with Crippen molar-refractivity contribution >= 4 is 0 Å². The highest BCUT2D eigenvalue weighted by Crippen LogP contribution is 2.14. The highest BCUT2D eigenvalue weighted by atomic mass is 16.3. The average molecular weight is 316 g/mol. The molecular formula is C19H33NO2. The lowest BCUT2D eigenvalue weighted by Crippen LogP contribution is -2.47. The van der Waals surface area contributed by atoms with Crippen LogP contribution in [0.5, 0.6) is 0 Å².